The molecule has 0 spiro atoms. The summed E-state index contributed by atoms with van der Waals surface area (Å²) in [4.78, 5) is 11.1. The number of esters is 1. The number of ether oxygens (including phenoxy) is 1. The molecule has 4 nitrogen and oxygen atoms in total. The minimum atomic E-state index is -1.89. The fraction of sp³-hybridized carbons (Fsp3) is 0.300. The first-order chi connectivity index (χ1) is 7.54. The van der Waals surface area contributed by atoms with E-state index in [4.69, 9.17) is 14.8 Å². The lowest BCUT2D eigenvalue weighted by Crippen LogP contribution is -2.33. The van der Waals surface area contributed by atoms with Gasteiger partial charge in [-0.3, -0.25) is 4.79 Å². The van der Waals surface area contributed by atoms with Crippen molar-refractivity contribution in [1.82, 2.24) is 0 Å². The Hall–Kier alpha value is -1.40. The van der Waals surface area contributed by atoms with Gasteiger partial charge in [0.1, 0.15) is 5.82 Å². The van der Waals surface area contributed by atoms with E-state index in [2.05, 4.69) is 0 Å². The van der Waals surface area contributed by atoms with E-state index in [0.29, 0.717) is 5.56 Å². The van der Waals surface area contributed by atoms with Crippen LogP contribution in [0.1, 0.15) is 12.5 Å². The van der Waals surface area contributed by atoms with Gasteiger partial charge in [-0.25, -0.2) is 4.39 Å². The van der Waals surface area contributed by atoms with Gasteiger partial charge in [-0.05, 0) is 18.6 Å². The average molecular weight is 226 g/mol. The summed E-state index contributed by atoms with van der Waals surface area (Å²) in [6.45, 7) is 1.96. The van der Waals surface area contributed by atoms with Crippen LogP contribution in [0.4, 0.5) is 4.39 Å². The Morgan fingerprint density at radius 2 is 2.19 bits per heavy atom. The Labute approximate surface area is 92.8 Å². The van der Waals surface area contributed by atoms with Gasteiger partial charge >= 0.3 is 13.1 Å². The number of benzene rings is 1. The molecule has 0 saturated carbocycles. The van der Waals surface area contributed by atoms with Crippen molar-refractivity contribution in [1.29, 1.82) is 0 Å². The van der Waals surface area contributed by atoms with Crippen LogP contribution in [-0.4, -0.2) is 29.7 Å². The van der Waals surface area contributed by atoms with Crippen molar-refractivity contribution in [2.75, 3.05) is 6.61 Å². The molecule has 0 unspecified atom stereocenters. The van der Waals surface area contributed by atoms with Crippen LogP contribution in [0.15, 0.2) is 18.2 Å². The smallest absolute Gasteiger partial charge is 0.466 e. The number of carbonyl (C=O) groups is 1. The summed E-state index contributed by atoms with van der Waals surface area (Å²) in [5, 5.41) is 17.7. The molecule has 2 N–H and O–H groups in total. The van der Waals surface area contributed by atoms with Crippen LogP contribution >= 0.6 is 0 Å². The fourth-order valence-corrected chi connectivity index (χ4v) is 1.28. The van der Waals surface area contributed by atoms with Crippen molar-refractivity contribution in [3.8, 4) is 0 Å². The Balaban J connectivity index is 2.82. The van der Waals surface area contributed by atoms with Crippen LogP contribution in [-0.2, 0) is 16.0 Å². The first kappa shape index (κ1) is 12.7. The molecule has 0 bridgehead atoms. The maximum absolute atomic E-state index is 13.1. The second-order valence-electron chi connectivity index (χ2n) is 3.21. The molecule has 1 rings (SSSR count). The zero-order chi connectivity index (χ0) is 12.1. The van der Waals surface area contributed by atoms with E-state index in [0.717, 1.165) is 6.07 Å². The molecule has 0 amide bonds. The Kier molecular flexibility index (Phi) is 4.45. The highest BCUT2D eigenvalue weighted by molar-refractivity contribution is 6.58. The summed E-state index contributed by atoms with van der Waals surface area (Å²) in [6.07, 6.45) is -0.0200. The quantitative estimate of drug-likeness (QED) is 0.542. The summed E-state index contributed by atoms with van der Waals surface area (Å²) in [5.74, 6) is -1.16. The minimum absolute atomic E-state index is 0.0200. The van der Waals surface area contributed by atoms with Gasteiger partial charge in [0, 0.05) is 5.46 Å². The van der Waals surface area contributed by atoms with Crippen LogP contribution in [0.25, 0.3) is 0 Å². The Morgan fingerprint density at radius 3 is 2.75 bits per heavy atom. The van der Waals surface area contributed by atoms with Crippen LogP contribution in [0.5, 0.6) is 0 Å². The standard InChI is InChI=1S/C10H12BFO4/c1-2-16-10(13)6-7-3-4-9(12)8(5-7)11(14)15/h3-5,14-15H,2,6H2,1H3. The van der Waals surface area contributed by atoms with Crippen LogP contribution in [0, 0.1) is 5.82 Å². The normalized spacial score (nSPS) is 10.0. The van der Waals surface area contributed by atoms with Crippen molar-refractivity contribution in [3.05, 3.63) is 29.6 Å². The first-order valence-corrected chi connectivity index (χ1v) is 4.84. The summed E-state index contributed by atoms with van der Waals surface area (Å²) >= 11 is 0. The molecule has 0 aliphatic carbocycles. The zero-order valence-corrected chi connectivity index (χ0v) is 8.81. The van der Waals surface area contributed by atoms with Crippen LogP contribution in [0.3, 0.4) is 0 Å². The van der Waals surface area contributed by atoms with Gasteiger partial charge in [0.2, 0.25) is 0 Å². The SMILES string of the molecule is CCOC(=O)Cc1ccc(F)c(B(O)O)c1. The van der Waals surface area contributed by atoms with E-state index in [1.54, 1.807) is 6.92 Å². The molecule has 16 heavy (non-hydrogen) atoms. The third-order valence-corrected chi connectivity index (χ3v) is 1.99. The molecule has 0 aliphatic heterocycles. The van der Waals surface area contributed by atoms with Crippen molar-refractivity contribution in [2.24, 2.45) is 0 Å². The van der Waals surface area contributed by atoms with Gasteiger partial charge < -0.3 is 14.8 Å². The predicted octanol–water partition coefficient (Wildman–Crippen LogP) is -0.389. The number of hydrogen-bond acceptors (Lipinski definition) is 4. The van der Waals surface area contributed by atoms with Gasteiger partial charge in [-0.2, -0.15) is 0 Å². The van der Waals surface area contributed by atoms with E-state index in [9.17, 15) is 9.18 Å². The molecular formula is C10H12BFO4. The third-order valence-electron chi connectivity index (χ3n) is 1.99. The van der Waals surface area contributed by atoms with Gasteiger partial charge in [0.15, 0.2) is 0 Å². The van der Waals surface area contributed by atoms with Gasteiger partial charge in [-0.15, -0.1) is 0 Å². The second kappa shape index (κ2) is 5.62. The highest BCUT2D eigenvalue weighted by Gasteiger charge is 2.17. The van der Waals surface area contributed by atoms with Gasteiger partial charge in [0.25, 0.3) is 0 Å². The second-order valence-corrected chi connectivity index (χ2v) is 3.21. The molecule has 0 heterocycles. The van der Waals surface area contributed by atoms with Crippen LogP contribution < -0.4 is 5.46 Å². The van der Waals surface area contributed by atoms with E-state index < -0.39 is 18.9 Å². The topological polar surface area (TPSA) is 66.8 Å². The lowest BCUT2D eigenvalue weighted by molar-refractivity contribution is -0.142. The van der Waals surface area contributed by atoms with Crippen molar-refractivity contribution < 1.29 is 24.0 Å². The molecular weight excluding hydrogens is 214 g/mol. The molecule has 1 aromatic carbocycles. The number of carbonyl (C=O) groups excluding carboxylic acids is 1. The molecule has 1 aromatic rings. The number of rotatable bonds is 4. The molecule has 86 valence electrons. The maximum Gasteiger partial charge on any atom is 0.491 e. The van der Waals surface area contributed by atoms with E-state index in [-0.39, 0.29) is 18.5 Å². The molecule has 0 aromatic heterocycles. The van der Waals surface area contributed by atoms with Crippen molar-refractivity contribution >= 4 is 18.6 Å². The molecule has 0 saturated heterocycles. The highest BCUT2D eigenvalue weighted by Crippen LogP contribution is 2.03. The predicted molar refractivity (Wildman–Crippen MR) is 56.6 cm³/mol. The fourth-order valence-electron chi connectivity index (χ4n) is 1.28. The molecule has 0 aliphatic rings. The summed E-state index contributed by atoms with van der Waals surface area (Å²) in [6, 6.07) is 3.72. The van der Waals surface area contributed by atoms with E-state index in [1.165, 1.54) is 12.1 Å². The molecule has 0 atom stereocenters. The van der Waals surface area contributed by atoms with Crippen molar-refractivity contribution in [3.63, 3.8) is 0 Å². The molecule has 6 heteroatoms. The lowest BCUT2D eigenvalue weighted by atomic mass is 9.79. The zero-order valence-electron chi connectivity index (χ0n) is 8.81. The average Bonchev–Trinajstić information content (AvgIpc) is 2.21. The van der Waals surface area contributed by atoms with Crippen molar-refractivity contribution in [2.45, 2.75) is 13.3 Å². The highest BCUT2D eigenvalue weighted by atomic mass is 19.1. The largest absolute Gasteiger partial charge is 0.491 e. The summed E-state index contributed by atoms with van der Waals surface area (Å²) in [5.41, 5.74) is 0.227. The minimum Gasteiger partial charge on any atom is -0.466 e. The summed E-state index contributed by atoms with van der Waals surface area (Å²) < 4.78 is 17.8. The third kappa shape index (κ3) is 3.32. The first-order valence-electron chi connectivity index (χ1n) is 4.84. The Bertz CT molecular complexity index is 381. The molecule has 0 fully saturated rings. The van der Waals surface area contributed by atoms with Gasteiger partial charge in [-0.1, -0.05) is 12.1 Å². The van der Waals surface area contributed by atoms with E-state index in [1.807, 2.05) is 0 Å². The van der Waals surface area contributed by atoms with Gasteiger partial charge in [0.05, 0.1) is 13.0 Å². The summed E-state index contributed by atoms with van der Waals surface area (Å²) in [7, 11) is -1.89. The van der Waals surface area contributed by atoms with E-state index >= 15 is 0 Å². The van der Waals surface area contributed by atoms with Crippen LogP contribution in [0.2, 0.25) is 0 Å². The lowest BCUT2D eigenvalue weighted by Gasteiger charge is -2.05. The molecule has 0 radical (unpaired) electrons. The number of hydrogen-bond donors (Lipinski definition) is 2. The number of halogens is 1. The maximum atomic E-state index is 13.1. The monoisotopic (exact) mass is 226 g/mol. The Morgan fingerprint density at radius 1 is 1.50 bits per heavy atom.